The summed E-state index contributed by atoms with van der Waals surface area (Å²) in [6.45, 7) is 2.49. The van der Waals surface area contributed by atoms with E-state index in [1.54, 1.807) is 37.3 Å². The van der Waals surface area contributed by atoms with Gasteiger partial charge < -0.3 is 30.9 Å². The highest BCUT2D eigenvalue weighted by molar-refractivity contribution is 6.38. The Morgan fingerprint density at radius 2 is 1.69 bits per heavy atom. The van der Waals surface area contributed by atoms with Crippen molar-refractivity contribution < 1.29 is 38.3 Å². The third-order valence-corrected chi connectivity index (χ3v) is 6.13. The zero-order valence-electron chi connectivity index (χ0n) is 22.3. The molecule has 0 radical (unpaired) electrons. The molecular formula is C26H35N5O8. The van der Waals surface area contributed by atoms with E-state index < -0.39 is 60.2 Å². The van der Waals surface area contributed by atoms with Gasteiger partial charge in [-0.25, -0.2) is 4.79 Å². The maximum Gasteiger partial charge on any atom is 0.407 e. The molecule has 1 saturated heterocycles. The number of carbonyl (C=O) groups excluding carboxylic acids is 7. The van der Waals surface area contributed by atoms with Gasteiger partial charge in [0, 0.05) is 6.54 Å². The van der Waals surface area contributed by atoms with Gasteiger partial charge in [0.15, 0.2) is 5.78 Å². The van der Waals surface area contributed by atoms with Crippen LogP contribution in [0.2, 0.25) is 0 Å². The average Bonchev–Trinajstić information content (AvgIpc) is 3.43. The minimum Gasteiger partial charge on any atom is -0.453 e. The Labute approximate surface area is 226 Å². The SMILES string of the molecule is CCCC(NC(=O)[C@@H]1CCCN1C(=O)CNC(=O)OC)C(=O)C(=O)NCC(=O)NC(C(C)=O)c1ccccc1. The van der Waals surface area contributed by atoms with E-state index in [-0.39, 0.29) is 18.7 Å². The number of alkyl carbamates (subject to hydrolysis) is 1. The first-order valence-corrected chi connectivity index (χ1v) is 12.7. The van der Waals surface area contributed by atoms with Gasteiger partial charge in [-0.1, -0.05) is 43.7 Å². The van der Waals surface area contributed by atoms with Crippen LogP contribution in [0.25, 0.3) is 0 Å². The summed E-state index contributed by atoms with van der Waals surface area (Å²) < 4.78 is 4.43. The smallest absolute Gasteiger partial charge is 0.407 e. The molecule has 0 bridgehead atoms. The van der Waals surface area contributed by atoms with E-state index >= 15 is 0 Å². The molecule has 0 aliphatic carbocycles. The van der Waals surface area contributed by atoms with Crippen LogP contribution in [0.1, 0.15) is 51.1 Å². The quantitative estimate of drug-likeness (QED) is 0.245. The lowest BCUT2D eigenvalue weighted by molar-refractivity contribution is -0.142. The Hall–Kier alpha value is -4.29. The summed E-state index contributed by atoms with van der Waals surface area (Å²) >= 11 is 0. The highest BCUT2D eigenvalue weighted by atomic mass is 16.5. The van der Waals surface area contributed by atoms with Crippen LogP contribution in [-0.4, -0.2) is 85.0 Å². The first-order valence-electron chi connectivity index (χ1n) is 12.7. The second-order valence-electron chi connectivity index (χ2n) is 9.01. The molecule has 0 spiro atoms. The van der Waals surface area contributed by atoms with Crippen molar-refractivity contribution >= 4 is 41.3 Å². The van der Waals surface area contributed by atoms with Gasteiger partial charge in [-0.3, -0.25) is 28.8 Å². The van der Waals surface area contributed by atoms with Crippen molar-refractivity contribution in [1.29, 1.82) is 0 Å². The monoisotopic (exact) mass is 545 g/mol. The molecule has 212 valence electrons. The molecule has 5 amide bonds. The van der Waals surface area contributed by atoms with Crippen LogP contribution in [0.5, 0.6) is 0 Å². The van der Waals surface area contributed by atoms with Gasteiger partial charge >= 0.3 is 6.09 Å². The first-order chi connectivity index (χ1) is 18.6. The van der Waals surface area contributed by atoms with E-state index in [4.69, 9.17) is 0 Å². The molecule has 1 fully saturated rings. The van der Waals surface area contributed by atoms with Crippen molar-refractivity contribution in [2.24, 2.45) is 0 Å². The Morgan fingerprint density at radius 1 is 1.00 bits per heavy atom. The molecule has 13 nitrogen and oxygen atoms in total. The Balaban J connectivity index is 1.95. The van der Waals surface area contributed by atoms with Crippen LogP contribution in [-0.2, 0) is 33.5 Å². The number of nitrogens with zero attached hydrogens (tertiary/aromatic N) is 1. The van der Waals surface area contributed by atoms with E-state index in [2.05, 4.69) is 26.0 Å². The predicted octanol–water partition coefficient (Wildman–Crippen LogP) is -0.250. The Bertz CT molecular complexity index is 1080. The van der Waals surface area contributed by atoms with Crippen molar-refractivity contribution in [3.63, 3.8) is 0 Å². The number of Topliss-reactive ketones (excluding diaryl/α,β-unsaturated/α-hetero) is 2. The summed E-state index contributed by atoms with van der Waals surface area (Å²) in [6.07, 6.45) is 0.754. The van der Waals surface area contributed by atoms with Gasteiger partial charge in [-0.05, 0) is 31.7 Å². The summed E-state index contributed by atoms with van der Waals surface area (Å²) in [5, 5.41) is 9.60. The number of benzene rings is 1. The van der Waals surface area contributed by atoms with Crippen LogP contribution in [0, 0.1) is 0 Å². The number of nitrogens with one attached hydrogen (secondary N) is 4. The maximum atomic E-state index is 13.0. The molecule has 2 rings (SSSR count). The van der Waals surface area contributed by atoms with E-state index in [9.17, 15) is 33.6 Å². The van der Waals surface area contributed by atoms with Crippen molar-refractivity contribution in [3.05, 3.63) is 35.9 Å². The van der Waals surface area contributed by atoms with Crippen molar-refractivity contribution in [1.82, 2.24) is 26.2 Å². The van der Waals surface area contributed by atoms with Crippen molar-refractivity contribution in [2.75, 3.05) is 26.7 Å². The number of hydrogen-bond acceptors (Lipinski definition) is 8. The largest absolute Gasteiger partial charge is 0.453 e. The number of rotatable bonds is 13. The van der Waals surface area contributed by atoms with Crippen LogP contribution in [0.15, 0.2) is 30.3 Å². The van der Waals surface area contributed by atoms with Gasteiger partial charge in [0.25, 0.3) is 5.91 Å². The number of likely N-dealkylation sites (tertiary alicyclic amines) is 1. The lowest BCUT2D eigenvalue weighted by Gasteiger charge is -2.26. The number of carbonyl (C=O) groups is 7. The summed E-state index contributed by atoms with van der Waals surface area (Å²) in [5.41, 5.74) is 0.576. The molecular weight excluding hydrogens is 510 g/mol. The van der Waals surface area contributed by atoms with Crippen molar-refractivity contribution in [2.45, 2.75) is 57.7 Å². The average molecular weight is 546 g/mol. The predicted molar refractivity (Wildman–Crippen MR) is 138 cm³/mol. The summed E-state index contributed by atoms with van der Waals surface area (Å²) in [5.74, 6) is -4.06. The fourth-order valence-electron chi connectivity index (χ4n) is 4.17. The van der Waals surface area contributed by atoms with Gasteiger partial charge in [-0.2, -0.15) is 0 Å². The Kier molecular flexibility index (Phi) is 12.1. The maximum absolute atomic E-state index is 13.0. The van der Waals surface area contributed by atoms with E-state index in [1.165, 1.54) is 11.8 Å². The van der Waals surface area contributed by atoms with Crippen LogP contribution < -0.4 is 21.3 Å². The molecule has 3 atom stereocenters. The fourth-order valence-corrected chi connectivity index (χ4v) is 4.17. The molecule has 1 aromatic carbocycles. The zero-order valence-corrected chi connectivity index (χ0v) is 22.3. The molecule has 0 saturated carbocycles. The number of methoxy groups -OCH3 is 1. The molecule has 2 unspecified atom stereocenters. The van der Waals surface area contributed by atoms with Gasteiger partial charge in [0.2, 0.25) is 23.5 Å². The molecule has 1 heterocycles. The molecule has 13 heteroatoms. The zero-order chi connectivity index (χ0) is 28.9. The third kappa shape index (κ3) is 9.20. The van der Waals surface area contributed by atoms with Gasteiger partial charge in [-0.15, -0.1) is 0 Å². The molecule has 1 aliphatic rings. The summed E-state index contributed by atoms with van der Waals surface area (Å²) in [7, 11) is 1.16. The highest BCUT2D eigenvalue weighted by Gasteiger charge is 2.36. The second-order valence-corrected chi connectivity index (χ2v) is 9.01. The molecule has 1 aliphatic heterocycles. The normalized spacial score (nSPS) is 15.9. The minimum atomic E-state index is -1.16. The van der Waals surface area contributed by atoms with E-state index in [0.29, 0.717) is 31.4 Å². The number of hydrogen-bond donors (Lipinski definition) is 4. The van der Waals surface area contributed by atoms with Crippen LogP contribution in [0.3, 0.4) is 0 Å². The van der Waals surface area contributed by atoms with Gasteiger partial charge in [0.1, 0.15) is 18.6 Å². The number of ether oxygens (including phenoxy) is 1. The molecule has 1 aromatic rings. The molecule has 4 N–H and O–H groups in total. The highest BCUT2D eigenvalue weighted by Crippen LogP contribution is 2.18. The fraction of sp³-hybridized carbons (Fsp3) is 0.500. The van der Waals surface area contributed by atoms with E-state index in [1.807, 2.05) is 0 Å². The van der Waals surface area contributed by atoms with E-state index in [0.717, 1.165) is 7.11 Å². The second kappa shape index (κ2) is 15.2. The summed E-state index contributed by atoms with van der Waals surface area (Å²) in [6, 6.07) is 5.65. The van der Waals surface area contributed by atoms with Crippen LogP contribution >= 0.6 is 0 Å². The third-order valence-electron chi connectivity index (χ3n) is 6.13. The topological polar surface area (TPSA) is 180 Å². The molecule has 0 aromatic heterocycles. The number of amides is 5. The first kappa shape index (κ1) is 30.9. The standard InChI is InChI=1S/C26H35N5O8/c1-4-9-18(29-24(36)19-12-8-13-31(19)21(34)15-28-26(38)39-3)23(35)25(37)27-14-20(33)30-22(16(2)32)17-10-6-5-7-11-17/h5-7,10-11,18-19,22H,4,8-9,12-15H2,1-3H3,(H,27,37)(H,28,38)(H,29,36)(H,30,33)/t18?,19-,22?/m0/s1. The lowest BCUT2D eigenvalue weighted by Crippen LogP contribution is -2.54. The summed E-state index contributed by atoms with van der Waals surface area (Å²) in [4.78, 5) is 87.7. The number of ketones is 2. The molecule has 39 heavy (non-hydrogen) atoms. The lowest BCUT2D eigenvalue weighted by atomic mass is 10.0. The van der Waals surface area contributed by atoms with Gasteiger partial charge in [0.05, 0.1) is 19.7 Å². The van der Waals surface area contributed by atoms with Crippen LogP contribution in [0.4, 0.5) is 4.79 Å². The van der Waals surface area contributed by atoms with Crippen molar-refractivity contribution in [3.8, 4) is 0 Å². The minimum absolute atomic E-state index is 0.162. The Morgan fingerprint density at radius 3 is 2.31 bits per heavy atom.